The molecule has 1 amide bonds. The smallest absolute Gasteiger partial charge is 0.359 e. The highest BCUT2D eigenvalue weighted by atomic mass is 35.5. The number of rotatable bonds is 8. The summed E-state index contributed by atoms with van der Waals surface area (Å²) in [5.41, 5.74) is 5.25. The van der Waals surface area contributed by atoms with Gasteiger partial charge in [0.05, 0.1) is 18.8 Å². The fraction of sp³-hybridized carbons (Fsp3) is 0.414. The first-order chi connectivity index (χ1) is 18.5. The van der Waals surface area contributed by atoms with E-state index in [1.165, 1.54) is 24.0 Å². The Morgan fingerprint density at radius 2 is 1.92 bits per heavy atom. The highest BCUT2D eigenvalue weighted by molar-refractivity contribution is 6.30. The first-order valence-electron chi connectivity index (χ1n) is 13.2. The molecule has 5 rings (SSSR count). The number of hydrogen-bond acceptors (Lipinski definition) is 6. The van der Waals surface area contributed by atoms with E-state index in [2.05, 4.69) is 22.5 Å². The van der Waals surface area contributed by atoms with Crippen molar-refractivity contribution < 1.29 is 19.1 Å². The second-order valence-electron chi connectivity index (χ2n) is 9.74. The fourth-order valence-corrected chi connectivity index (χ4v) is 5.45. The Hall–Kier alpha value is -3.36. The van der Waals surface area contributed by atoms with Crippen LogP contribution in [-0.2, 0) is 35.3 Å². The maximum absolute atomic E-state index is 13.3. The average molecular weight is 537 g/mol. The summed E-state index contributed by atoms with van der Waals surface area (Å²) in [7, 11) is 1.79. The van der Waals surface area contributed by atoms with Gasteiger partial charge in [0, 0.05) is 19.2 Å². The second-order valence-corrected chi connectivity index (χ2v) is 10.1. The number of carbonyl (C=O) groups is 2. The largest absolute Gasteiger partial charge is 0.489 e. The molecule has 0 fully saturated rings. The Bertz CT molecular complexity index is 1320. The number of hydrogen-bond donors (Lipinski definition) is 1. The number of anilines is 1. The summed E-state index contributed by atoms with van der Waals surface area (Å²) in [6.45, 7) is 3.06. The highest BCUT2D eigenvalue weighted by Crippen LogP contribution is 2.36. The Labute approximate surface area is 227 Å². The monoisotopic (exact) mass is 536 g/mol. The standard InChI is InChI=1S/C29H33ClN4O4/c1-3-37-29(36)26-22(27(30)34(32-26)17-19-9-5-4-6-10-19)13-14-31-23-18-38-25-16-21-12-8-7-11-20(21)15-24(25)33(2)28(23)35/h4-6,9-10,15-16,23,31H,3,7-8,11-14,17-18H2,1-2H3/t23-/m0/s1. The maximum Gasteiger partial charge on any atom is 0.359 e. The van der Waals surface area contributed by atoms with Crippen molar-refractivity contribution in [3.05, 3.63) is 75.6 Å². The number of ether oxygens (including phenoxy) is 2. The normalized spacial score (nSPS) is 16.9. The number of benzene rings is 2. The van der Waals surface area contributed by atoms with Crippen molar-refractivity contribution in [2.75, 3.05) is 31.7 Å². The van der Waals surface area contributed by atoms with E-state index < -0.39 is 12.0 Å². The molecule has 1 aliphatic heterocycles. The van der Waals surface area contributed by atoms with Gasteiger partial charge in [-0.05, 0) is 67.9 Å². The number of carbonyl (C=O) groups excluding carboxylic acids is 2. The lowest BCUT2D eigenvalue weighted by Gasteiger charge is -2.23. The quantitative estimate of drug-likeness (QED) is 0.434. The molecule has 9 heteroatoms. The van der Waals surface area contributed by atoms with E-state index in [4.69, 9.17) is 21.1 Å². The topological polar surface area (TPSA) is 85.7 Å². The van der Waals surface area contributed by atoms with Crippen molar-refractivity contribution >= 4 is 29.2 Å². The number of likely N-dealkylation sites (N-methyl/N-ethyl adjacent to an activating group) is 1. The van der Waals surface area contributed by atoms with Crippen LogP contribution < -0.4 is 15.0 Å². The van der Waals surface area contributed by atoms with Crippen LogP contribution in [-0.4, -0.2) is 54.5 Å². The number of halogens is 1. The molecule has 1 atom stereocenters. The number of nitrogens with one attached hydrogen (secondary N) is 1. The number of fused-ring (bicyclic) bond motifs is 2. The van der Waals surface area contributed by atoms with Crippen molar-refractivity contribution in [1.82, 2.24) is 15.1 Å². The summed E-state index contributed by atoms with van der Waals surface area (Å²) in [4.78, 5) is 27.7. The van der Waals surface area contributed by atoms with Crippen LogP contribution in [0.3, 0.4) is 0 Å². The number of esters is 1. The van der Waals surface area contributed by atoms with Crippen LogP contribution in [0.5, 0.6) is 5.75 Å². The molecule has 1 N–H and O–H groups in total. The molecule has 0 bridgehead atoms. The zero-order chi connectivity index (χ0) is 26.6. The minimum absolute atomic E-state index is 0.0593. The first-order valence-corrected chi connectivity index (χ1v) is 13.6. The highest BCUT2D eigenvalue weighted by Gasteiger charge is 2.31. The SMILES string of the molecule is CCOC(=O)c1nn(Cc2ccccc2)c(Cl)c1CCN[C@H]1COc2cc3c(cc2N(C)C1=O)CCCC3. The van der Waals surface area contributed by atoms with Crippen LogP contribution in [0.4, 0.5) is 5.69 Å². The molecular formula is C29H33ClN4O4. The lowest BCUT2D eigenvalue weighted by Crippen LogP contribution is -2.47. The second kappa shape index (κ2) is 11.6. The lowest BCUT2D eigenvalue weighted by molar-refractivity contribution is -0.120. The molecule has 2 aromatic carbocycles. The van der Waals surface area contributed by atoms with Crippen molar-refractivity contribution in [3.8, 4) is 5.75 Å². The van der Waals surface area contributed by atoms with Crippen LogP contribution in [0.25, 0.3) is 0 Å². The zero-order valence-electron chi connectivity index (χ0n) is 21.8. The molecule has 0 saturated carbocycles. The van der Waals surface area contributed by atoms with Gasteiger partial charge in [-0.15, -0.1) is 0 Å². The van der Waals surface area contributed by atoms with E-state index in [0.29, 0.717) is 30.2 Å². The van der Waals surface area contributed by atoms with Gasteiger partial charge in [-0.25, -0.2) is 9.48 Å². The van der Waals surface area contributed by atoms with Crippen LogP contribution in [0.1, 0.15) is 52.5 Å². The van der Waals surface area contributed by atoms with Crippen molar-refractivity contribution in [1.29, 1.82) is 0 Å². The molecular weight excluding hydrogens is 504 g/mol. The summed E-state index contributed by atoms with van der Waals surface area (Å²) in [6.07, 6.45) is 4.84. The number of aromatic nitrogens is 2. The molecule has 0 saturated heterocycles. The number of nitrogens with zero attached hydrogens (tertiary/aromatic N) is 3. The van der Waals surface area contributed by atoms with Crippen molar-refractivity contribution in [2.45, 2.75) is 51.6 Å². The molecule has 38 heavy (non-hydrogen) atoms. The summed E-state index contributed by atoms with van der Waals surface area (Å²) in [5, 5.41) is 8.18. The molecule has 2 heterocycles. The Kier molecular flexibility index (Phi) is 8.00. The average Bonchev–Trinajstić information content (AvgIpc) is 3.18. The van der Waals surface area contributed by atoms with E-state index in [0.717, 1.165) is 29.8 Å². The Balaban J connectivity index is 1.30. The summed E-state index contributed by atoms with van der Waals surface area (Å²) >= 11 is 6.71. The van der Waals surface area contributed by atoms with Gasteiger partial charge in [-0.3, -0.25) is 4.79 Å². The van der Waals surface area contributed by atoms with E-state index in [9.17, 15) is 9.59 Å². The molecule has 2 aliphatic rings. The first kappa shape index (κ1) is 26.3. The molecule has 0 radical (unpaired) electrons. The predicted molar refractivity (Wildman–Crippen MR) is 146 cm³/mol. The van der Waals surface area contributed by atoms with Gasteiger partial charge in [-0.1, -0.05) is 41.9 Å². The van der Waals surface area contributed by atoms with Crippen LogP contribution >= 0.6 is 11.6 Å². The predicted octanol–water partition coefficient (Wildman–Crippen LogP) is 4.20. The number of aryl methyl sites for hydroxylation is 2. The molecule has 8 nitrogen and oxygen atoms in total. The minimum atomic E-state index is -0.534. The van der Waals surface area contributed by atoms with Gasteiger partial charge in [0.2, 0.25) is 5.91 Å². The molecule has 1 aromatic heterocycles. The Morgan fingerprint density at radius 1 is 1.18 bits per heavy atom. The zero-order valence-corrected chi connectivity index (χ0v) is 22.6. The van der Waals surface area contributed by atoms with Gasteiger partial charge in [0.25, 0.3) is 0 Å². The molecule has 0 spiro atoms. The molecule has 1 aliphatic carbocycles. The van der Waals surface area contributed by atoms with Gasteiger partial charge in [-0.2, -0.15) is 5.10 Å². The van der Waals surface area contributed by atoms with E-state index in [1.54, 1.807) is 23.6 Å². The van der Waals surface area contributed by atoms with Gasteiger partial charge in [0.1, 0.15) is 23.6 Å². The fourth-order valence-electron chi connectivity index (χ4n) is 5.17. The van der Waals surface area contributed by atoms with Crippen LogP contribution in [0, 0.1) is 0 Å². The van der Waals surface area contributed by atoms with E-state index in [1.807, 2.05) is 30.3 Å². The van der Waals surface area contributed by atoms with E-state index >= 15 is 0 Å². The Morgan fingerprint density at radius 3 is 2.66 bits per heavy atom. The van der Waals surface area contributed by atoms with Gasteiger partial charge in [0.15, 0.2) is 5.69 Å². The third kappa shape index (κ3) is 5.42. The van der Waals surface area contributed by atoms with Crippen LogP contribution in [0.15, 0.2) is 42.5 Å². The number of amides is 1. The third-order valence-corrected chi connectivity index (χ3v) is 7.63. The van der Waals surface area contributed by atoms with Crippen LogP contribution in [0.2, 0.25) is 5.15 Å². The van der Waals surface area contributed by atoms with Crippen molar-refractivity contribution in [2.24, 2.45) is 0 Å². The summed E-state index contributed by atoms with van der Waals surface area (Å²) in [6, 6.07) is 13.5. The molecule has 0 unspecified atom stereocenters. The van der Waals surface area contributed by atoms with Gasteiger partial charge < -0.3 is 19.7 Å². The van der Waals surface area contributed by atoms with Gasteiger partial charge >= 0.3 is 5.97 Å². The summed E-state index contributed by atoms with van der Waals surface area (Å²) < 4.78 is 13.0. The van der Waals surface area contributed by atoms with E-state index in [-0.39, 0.29) is 24.8 Å². The molecule has 3 aromatic rings. The maximum atomic E-state index is 13.3. The minimum Gasteiger partial charge on any atom is -0.489 e. The molecule has 200 valence electrons. The third-order valence-electron chi connectivity index (χ3n) is 7.21. The summed E-state index contributed by atoms with van der Waals surface area (Å²) in [5.74, 6) is 0.181. The van der Waals surface area contributed by atoms with Crippen molar-refractivity contribution in [3.63, 3.8) is 0 Å². The lowest BCUT2D eigenvalue weighted by atomic mass is 9.91.